The molecule has 0 aliphatic heterocycles. The van der Waals surface area contributed by atoms with E-state index in [1.54, 1.807) is 0 Å². The largest absolute Gasteiger partial charge is 0.299 e. The van der Waals surface area contributed by atoms with Gasteiger partial charge in [0.1, 0.15) is 5.78 Å². The Morgan fingerprint density at radius 3 is 2.69 bits per heavy atom. The van der Waals surface area contributed by atoms with Crippen molar-refractivity contribution in [3.8, 4) is 0 Å². The first-order valence-corrected chi connectivity index (χ1v) is 5.21. The lowest BCUT2D eigenvalue weighted by Crippen LogP contribution is -2.30. The summed E-state index contributed by atoms with van der Waals surface area (Å²) in [5, 5.41) is 0. The van der Waals surface area contributed by atoms with Crippen molar-refractivity contribution in [3.63, 3.8) is 0 Å². The van der Waals surface area contributed by atoms with Crippen LogP contribution in [0.2, 0.25) is 0 Å². The van der Waals surface area contributed by atoms with Gasteiger partial charge in [0.15, 0.2) is 0 Å². The molecule has 0 bridgehead atoms. The van der Waals surface area contributed by atoms with Crippen LogP contribution >= 0.6 is 0 Å². The molecule has 1 aliphatic rings. The highest BCUT2D eigenvalue weighted by atomic mass is 16.1. The summed E-state index contributed by atoms with van der Waals surface area (Å²) in [6, 6.07) is 0. The first-order valence-electron chi connectivity index (χ1n) is 5.21. The summed E-state index contributed by atoms with van der Waals surface area (Å²) in [6.07, 6.45) is 7.34. The van der Waals surface area contributed by atoms with Gasteiger partial charge in [-0.2, -0.15) is 0 Å². The fourth-order valence-corrected chi connectivity index (χ4v) is 1.89. The fourth-order valence-electron chi connectivity index (χ4n) is 1.89. The van der Waals surface area contributed by atoms with Crippen LogP contribution in [0.4, 0.5) is 0 Å². The third-order valence-corrected chi connectivity index (χ3v) is 3.02. The summed E-state index contributed by atoms with van der Waals surface area (Å²) >= 11 is 0. The molecule has 1 aliphatic carbocycles. The van der Waals surface area contributed by atoms with Gasteiger partial charge in [0, 0.05) is 11.8 Å². The lowest BCUT2D eigenvalue weighted by molar-refractivity contribution is -0.130. The van der Waals surface area contributed by atoms with E-state index in [9.17, 15) is 4.79 Å². The zero-order chi connectivity index (χ0) is 9.90. The van der Waals surface area contributed by atoms with Gasteiger partial charge in [-0.25, -0.2) is 0 Å². The number of allylic oxidation sites excluding steroid dienone is 2. The quantitative estimate of drug-likeness (QED) is 0.594. The minimum absolute atomic E-state index is 0.0461. The summed E-state index contributed by atoms with van der Waals surface area (Å²) in [5.74, 6) is 0.469. The molecule has 0 heterocycles. The van der Waals surface area contributed by atoms with Gasteiger partial charge in [0.25, 0.3) is 0 Å². The van der Waals surface area contributed by atoms with Crippen molar-refractivity contribution in [3.05, 3.63) is 11.6 Å². The van der Waals surface area contributed by atoms with Crippen LogP contribution < -0.4 is 0 Å². The average molecular weight is 180 g/mol. The van der Waals surface area contributed by atoms with Crippen LogP contribution in [-0.2, 0) is 4.79 Å². The normalized spacial score (nSPS) is 28.7. The molecule has 1 unspecified atom stereocenters. The molecule has 1 nitrogen and oxygen atoms in total. The molecule has 0 saturated heterocycles. The molecule has 0 amide bonds. The predicted octanol–water partition coefficient (Wildman–Crippen LogP) is 3.49. The van der Waals surface area contributed by atoms with Gasteiger partial charge in [-0.05, 0) is 33.1 Å². The van der Waals surface area contributed by atoms with E-state index in [-0.39, 0.29) is 5.41 Å². The molecule has 0 N–H and O–H groups in total. The molecular weight excluding hydrogens is 160 g/mol. The van der Waals surface area contributed by atoms with E-state index in [4.69, 9.17) is 0 Å². The van der Waals surface area contributed by atoms with Gasteiger partial charge in [0.2, 0.25) is 0 Å². The van der Waals surface area contributed by atoms with Crippen LogP contribution in [-0.4, -0.2) is 5.78 Å². The first kappa shape index (κ1) is 10.5. The minimum Gasteiger partial charge on any atom is -0.299 e. The maximum Gasteiger partial charge on any atom is 0.139 e. The molecule has 0 aromatic heterocycles. The van der Waals surface area contributed by atoms with Gasteiger partial charge < -0.3 is 0 Å². The van der Waals surface area contributed by atoms with Gasteiger partial charge in [0.05, 0.1) is 0 Å². The predicted molar refractivity (Wildman–Crippen MR) is 55.6 cm³/mol. The van der Waals surface area contributed by atoms with Crippen LogP contribution in [0.15, 0.2) is 11.6 Å². The Morgan fingerprint density at radius 1 is 1.46 bits per heavy atom. The second-order valence-electron chi connectivity index (χ2n) is 4.68. The van der Waals surface area contributed by atoms with Crippen LogP contribution in [0.1, 0.15) is 52.9 Å². The van der Waals surface area contributed by atoms with Gasteiger partial charge in [-0.1, -0.05) is 25.0 Å². The van der Waals surface area contributed by atoms with Crippen molar-refractivity contribution in [1.29, 1.82) is 0 Å². The Kier molecular flexibility index (Phi) is 3.29. The SMILES string of the molecule is CC(C)=CCC1(C)CCCCC1=O. The van der Waals surface area contributed by atoms with E-state index in [1.165, 1.54) is 12.0 Å². The monoisotopic (exact) mass is 180 g/mol. The van der Waals surface area contributed by atoms with E-state index in [2.05, 4.69) is 26.8 Å². The Morgan fingerprint density at radius 2 is 2.15 bits per heavy atom. The molecular formula is C12H20O. The topological polar surface area (TPSA) is 17.1 Å². The van der Waals surface area contributed by atoms with E-state index in [0.29, 0.717) is 5.78 Å². The van der Waals surface area contributed by atoms with Crippen LogP contribution in [0.3, 0.4) is 0 Å². The maximum absolute atomic E-state index is 11.7. The summed E-state index contributed by atoms with van der Waals surface area (Å²) in [4.78, 5) is 11.7. The van der Waals surface area contributed by atoms with Crippen molar-refractivity contribution >= 4 is 5.78 Å². The van der Waals surface area contributed by atoms with Gasteiger partial charge in [-0.15, -0.1) is 0 Å². The standard InChI is InChI=1S/C12H20O/c1-10(2)7-9-12(3)8-5-4-6-11(12)13/h7H,4-6,8-9H2,1-3H3. The lowest BCUT2D eigenvalue weighted by atomic mass is 9.72. The maximum atomic E-state index is 11.7. The Hall–Kier alpha value is -0.590. The molecule has 74 valence electrons. The fraction of sp³-hybridized carbons (Fsp3) is 0.750. The number of hydrogen-bond acceptors (Lipinski definition) is 1. The molecule has 0 aromatic rings. The molecule has 0 spiro atoms. The molecule has 1 atom stereocenters. The van der Waals surface area contributed by atoms with Crippen molar-refractivity contribution < 1.29 is 4.79 Å². The zero-order valence-corrected chi connectivity index (χ0v) is 9.02. The van der Waals surface area contributed by atoms with E-state index < -0.39 is 0 Å². The second-order valence-corrected chi connectivity index (χ2v) is 4.68. The molecule has 1 heteroatoms. The first-order chi connectivity index (χ1) is 6.04. The van der Waals surface area contributed by atoms with E-state index in [1.807, 2.05) is 0 Å². The van der Waals surface area contributed by atoms with Crippen LogP contribution in [0.25, 0.3) is 0 Å². The molecule has 13 heavy (non-hydrogen) atoms. The summed E-state index contributed by atoms with van der Waals surface area (Å²) in [7, 11) is 0. The Bertz CT molecular complexity index is 223. The Balaban J connectivity index is 2.62. The Labute approximate surface area is 81.2 Å². The lowest BCUT2D eigenvalue weighted by Gasteiger charge is -2.31. The minimum atomic E-state index is -0.0461. The highest BCUT2D eigenvalue weighted by Crippen LogP contribution is 2.36. The molecule has 0 radical (unpaired) electrons. The number of rotatable bonds is 2. The molecule has 1 saturated carbocycles. The second kappa shape index (κ2) is 4.08. The number of carbonyl (C=O) groups excluding carboxylic acids is 1. The molecule has 1 rings (SSSR count). The van der Waals surface area contributed by atoms with Gasteiger partial charge >= 0.3 is 0 Å². The summed E-state index contributed by atoms with van der Waals surface area (Å²) in [5.41, 5.74) is 1.27. The van der Waals surface area contributed by atoms with E-state index >= 15 is 0 Å². The van der Waals surface area contributed by atoms with Crippen LogP contribution in [0.5, 0.6) is 0 Å². The summed E-state index contributed by atoms with van der Waals surface area (Å²) in [6.45, 7) is 6.31. The van der Waals surface area contributed by atoms with Crippen molar-refractivity contribution in [2.75, 3.05) is 0 Å². The molecule has 0 aromatic carbocycles. The van der Waals surface area contributed by atoms with E-state index in [0.717, 1.165) is 25.7 Å². The number of ketones is 1. The average Bonchev–Trinajstić information content (AvgIpc) is 2.07. The number of carbonyl (C=O) groups is 1. The van der Waals surface area contributed by atoms with Crippen LogP contribution in [0, 0.1) is 5.41 Å². The zero-order valence-electron chi connectivity index (χ0n) is 9.02. The number of Topliss-reactive ketones (excluding diaryl/α,β-unsaturated/α-hetero) is 1. The third kappa shape index (κ3) is 2.68. The number of hydrogen-bond donors (Lipinski definition) is 0. The molecule has 1 fully saturated rings. The van der Waals surface area contributed by atoms with Crippen molar-refractivity contribution in [2.24, 2.45) is 5.41 Å². The van der Waals surface area contributed by atoms with Crippen molar-refractivity contribution in [2.45, 2.75) is 52.9 Å². The smallest absolute Gasteiger partial charge is 0.139 e. The van der Waals surface area contributed by atoms with Crippen molar-refractivity contribution in [1.82, 2.24) is 0 Å². The summed E-state index contributed by atoms with van der Waals surface area (Å²) < 4.78 is 0. The third-order valence-electron chi connectivity index (χ3n) is 3.02. The highest BCUT2D eigenvalue weighted by Gasteiger charge is 2.33. The van der Waals surface area contributed by atoms with Gasteiger partial charge in [-0.3, -0.25) is 4.79 Å². The highest BCUT2D eigenvalue weighted by molar-refractivity contribution is 5.85.